The van der Waals surface area contributed by atoms with Crippen LogP contribution in [0.4, 0.5) is 14.5 Å². The second-order valence-corrected chi connectivity index (χ2v) is 4.04. The van der Waals surface area contributed by atoms with Crippen LogP contribution in [0.2, 0.25) is 0 Å². The van der Waals surface area contributed by atoms with Gasteiger partial charge in [0.2, 0.25) is 0 Å². The second kappa shape index (κ2) is 7.01. The highest BCUT2D eigenvalue weighted by Crippen LogP contribution is 2.19. The van der Waals surface area contributed by atoms with Gasteiger partial charge in [0.25, 0.3) is 6.43 Å². The van der Waals surface area contributed by atoms with E-state index in [1.807, 2.05) is 0 Å². The number of aliphatic hydroxyl groups excluding tert-OH is 1. The fourth-order valence-corrected chi connectivity index (χ4v) is 1.82. The molecule has 0 amide bonds. The minimum Gasteiger partial charge on any atom is -0.478 e. The van der Waals surface area contributed by atoms with E-state index in [-0.39, 0.29) is 30.9 Å². The lowest BCUT2D eigenvalue weighted by atomic mass is 10.0. The summed E-state index contributed by atoms with van der Waals surface area (Å²) in [5, 5.41) is 17.9. The van der Waals surface area contributed by atoms with Gasteiger partial charge in [0.1, 0.15) is 0 Å². The van der Waals surface area contributed by atoms with Crippen molar-refractivity contribution in [3.63, 3.8) is 0 Å². The van der Waals surface area contributed by atoms with Gasteiger partial charge in [-0.05, 0) is 11.6 Å². The number of benzene rings is 1. The predicted molar refractivity (Wildman–Crippen MR) is 66.2 cm³/mol. The number of aliphatic hydroxyl groups is 1. The van der Waals surface area contributed by atoms with Crippen molar-refractivity contribution < 1.29 is 23.8 Å². The third-order valence-electron chi connectivity index (χ3n) is 2.60. The molecule has 4 N–H and O–H groups in total. The molecule has 0 bridgehead atoms. The number of nitrogens with two attached hydrogens (primary N) is 1. The van der Waals surface area contributed by atoms with Crippen LogP contribution in [0.25, 0.3) is 0 Å². The summed E-state index contributed by atoms with van der Waals surface area (Å²) >= 11 is 0. The fraction of sp³-hybridized carbons (Fsp3) is 0.417. The molecular weight excluding hydrogens is 258 g/mol. The largest absolute Gasteiger partial charge is 0.478 e. The number of carbonyl (C=O) groups is 1. The minimum atomic E-state index is -2.55. The summed E-state index contributed by atoms with van der Waals surface area (Å²) in [6.45, 7) is -0.776. The number of carboxylic acid groups (broad SMARTS) is 1. The molecule has 106 valence electrons. The Hall–Kier alpha value is -1.73. The number of alkyl halides is 2. The molecular formula is C12H16F2N2O3. The van der Waals surface area contributed by atoms with Crippen molar-refractivity contribution in [2.24, 2.45) is 0 Å². The van der Waals surface area contributed by atoms with Crippen LogP contribution < -0.4 is 5.73 Å². The van der Waals surface area contributed by atoms with Gasteiger partial charge in [0.15, 0.2) is 0 Å². The predicted octanol–water partition coefficient (Wildman–Crippen LogP) is 1.03. The number of carboxylic acids is 1. The number of aromatic carboxylic acids is 1. The molecule has 0 radical (unpaired) electrons. The van der Waals surface area contributed by atoms with Crippen molar-refractivity contribution in [2.45, 2.75) is 13.0 Å². The van der Waals surface area contributed by atoms with Crippen molar-refractivity contribution in [2.75, 3.05) is 25.4 Å². The Bertz CT molecular complexity index is 441. The molecule has 0 unspecified atom stereocenters. The van der Waals surface area contributed by atoms with E-state index in [0.29, 0.717) is 5.56 Å². The number of hydrogen-bond acceptors (Lipinski definition) is 4. The van der Waals surface area contributed by atoms with E-state index < -0.39 is 18.9 Å². The topological polar surface area (TPSA) is 86.8 Å². The van der Waals surface area contributed by atoms with Crippen LogP contribution in [0.15, 0.2) is 18.2 Å². The lowest BCUT2D eigenvalue weighted by molar-refractivity contribution is 0.0685. The van der Waals surface area contributed by atoms with Crippen molar-refractivity contribution in [1.29, 1.82) is 0 Å². The molecule has 0 fully saturated rings. The molecule has 0 spiro atoms. The first-order chi connectivity index (χ1) is 8.95. The average molecular weight is 274 g/mol. The van der Waals surface area contributed by atoms with E-state index in [4.69, 9.17) is 15.9 Å². The van der Waals surface area contributed by atoms with E-state index in [9.17, 15) is 13.6 Å². The molecule has 5 nitrogen and oxygen atoms in total. The molecule has 0 aliphatic rings. The minimum absolute atomic E-state index is 0.00241. The number of hydrogen-bond donors (Lipinski definition) is 3. The van der Waals surface area contributed by atoms with Gasteiger partial charge in [-0.2, -0.15) is 0 Å². The third kappa shape index (κ3) is 4.46. The molecule has 19 heavy (non-hydrogen) atoms. The molecule has 0 aliphatic carbocycles. The monoisotopic (exact) mass is 274 g/mol. The van der Waals surface area contributed by atoms with Crippen molar-refractivity contribution in [3.05, 3.63) is 29.3 Å². The van der Waals surface area contributed by atoms with Gasteiger partial charge in [0, 0.05) is 18.8 Å². The van der Waals surface area contributed by atoms with E-state index in [1.165, 1.54) is 17.0 Å². The van der Waals surface area contributed by atoms with Gasteiger partial charge in [-0.25, -0.2) is 13.6 Å². The molecule has 0 saturated carbocycles. The number of anilines is 1. The standard InChI is InChI=1S/C12H16F2N2O3/c13-10(14)7-16(4-5-17)6-8-2-1-3-9(15)11(8)12(18)19/h1-3,10,17H,4-7,15H2,(H,18,19). The first-order valence-corrected chi connectivity index (χ1v) is 5.67. The number of halogens is 2. The van der Waals surface area contributed by atoms with Gasteiger partial charge in [-0.1, -0.05) is 12.1 Å². The van der Waals surface area contributed by atoms with Crippen molar-refractivity contribution in [3.8, 4) is 0 Å². The molecule has 1 aromatic rings. The van der Waals surface area contributed by atoms with E-state index in [0.717, 1.165) is 0 Å². The van der Waals surface area contributed by atoms with Crippen molar-refractivity contribution >= 4 is 11.7 Å². The highest BCUT2D eigenvalue weighted by atomic mass is 19.3. The van der Waals surface area contributed by atoms with E-state index in [1.54, 1.807) is 6.07 Å². The highest BCUT2D eigenvalue weighted by Gasteiger charge is 2.18. The van der Waals surface area contributed by atoms with Gasteiger partial charge >= 0.3 is 5.97 Å². The Balaban J connectivity index is 2.95. The molecule has 1 aromatic carbocycles. The molecule has 0 saturated heterocycles. The van der Waals surface area contributed by atoms with Gasteiger partial charge in [-0.3, -0.25) is 4.90 Å². The van der Waals surface area contributed by atoms with E-state index in [2.05, 4.69) is 0 Å². The molecule has 7 heteroatoms. The Morgan fingerprint density at radius 3 is 2.63 bits per heavy atom. The van der Waals surface area contributed by atoms with E-state index >= 15 is 0 Å². The summed E-state index contributed by atoms with van der Waals surface area (Å²) < 4.78 is 24.8. The first-order valence-electron chi connectivity index (χ1n) is 5.67. The smallest absolute Gasteiger partial charge is 0.338 e. The summed E-state index contributed by atoms with van der Waals surface area (Å²) in [7, 11) is 0. The molecule has 0 aliphatic heterocycles. The van der Waals surface area contributed by atoms with Gasteiger partial charge in [-0.15, -0.1) is 0 Å². The lowest BCUT2D eigenvalue weighted by Crippen LogP contribution is -2.31. The Labute approximate surface area is 109 Å². The maximum absolute atomic E-state index is 12.4. The second-order valence-electron chi connectivity index (χ2n) is 4.04. The quantitative estimate of drug-likeness (QED) is 0.646. The Morgan fingerprint density at radius 2 is 2.11 bits per heavy atom. The Morgan fingerprint density at radius 1 is 1.42 bits per heavy atom. The normalized spacial score (nSPS) is 11.2. The summed E-state index contributed by atoms with van der Waals surface area (Å²) in [6, 6.07) is 4.53. The first kappa shape index (κ1) is 15.3. The molecule has 1 rings (SSSR count). The molecule has 0 atom stereocenters. The molecule has 0 aromatic heterocycles. The van der Waals surface area contributed by atoms with Crippen molar-refractivity contribution in [1.82, 2.24) is 4.90 Å². The van der Waals surface area contributed by atoms with Crippen LogP contribution in [-0.4, -0.2) is 47.2 Å². The van der Waals surface area contributed by atoms with Crippen LogP contribution in [0, 0.1) is 0 Å². The van der Waals surface area contributed by atoms with Crippen LogP contribution in [-0.2, 0) is 6.54 Å². The maximum atomic E-state index is 12.4. The Kier molecular flexibility index (Phi) is 5.65. The maximum Gasteiger partial charge on any atom is 0.338 e. The number of nitrogen functional groups attached to an aromatic ring is 1. The van der Waals surface area contributed by atoms with Crippen LogP contribution >= 0.6 is 0 Å². The van der Waals surface area contributed by atoms with Crippen LogP contribution in [0.3, 0.4) is 0 Å². The van der Waals surface area contributed by atoms with Gasteiger partial charge < -0.3 is 15.9 Å². The highest BCUT2D eigenvalue weighted by molar-refractivity contribution is 5.95. The fourth-order valence-electron chi connectivity index (χ4n) is 1.82. The lowest BCUT2D eigenvalue weighted by Gasteiger charge is -2.22. The van der Waals surface area contributed by atoms with Crippen LogP contribution in [0.1, 0.15) is 15.9 Å². The zero-order valence-electron chi connectivity index (χ0n) is 10.2. The zero-order chi connectivity index (χ0) is 14.4. The average Bonchev–Trinajstić information content (AvgIpc) is 2.27. The number of nitrogens with zero attached hydrogens (tertiary/aromatic N) is 1. The number of rotatable bonds is 7. The third-order valence-corrected chi connectivity index (χ3v) is 2.60. The van der Waals surface area contributed by atoms with Gasteiger partial charge in [0.05, 0.1) is 18.7 Å². The molecule has 0 heterocycles. The summed E-state index contributed by atoms with van der Waals surface area (Å²) in [6.07, 6.45) is -2.55. The van der Waals surface area contributed by atoms with Crippen LogP contribution in [0.5, 0.6) is 0 Å². The summed E-state index contributed by atoms with van der Waals surface area (Å²) in [5.74, 6) is -1.20. The SMILES string of the molecule is Nc1cccc(CN(CCO)CC(F)F)c1C(=O)O. The summed E-state index contributed by atoms with van der Waals surface area (Å²) in [4.78, 5) is 12.4. The summed E-state index contributed by atoms with van der Waals surface area (Å²) in [5.41, 5.74) is 5.93. The zero-order valence-corrected chi connectivity index (χ0v) is 10.2.